The lowest BCUT2D eigenvalue weighted by atomic mass is 9.68. The maximum absolute atomic E-state index is 12.8. The molecule has 2 atom stereocenters. The van der Waals surface area contributed by atoms with E-state index in [0.29, 0.717) is 5.92 Å². The topological polar surface area (TPSA) is 29.1 Å². The minimum absolute atomic E-state index is 0.0989. The van der Waals surface area contributed by atoms with Crippen LogP contribution in [0.4, 0.5) is 5.69 Å². The van der Waals surface area contributed by atoms with Crippen molar-refractivity contribution in [3.8, 4) is 0 Å². The molecular formula is C17H20INO. The van der Waals surface area contributed by atoms with Crippen LogP contribution in [-0.2, 0) is 4.79 Å². The lowest BCUT2D eigenvalue weighted by Crippen LogP contribution is -2.37. The number of carbonyl (C=O) groups excluding carboxylic acids is 1. The third-order valence-corrected chi connectivity index (χ3v) is 6.15. The molecule has 20 heavy (non-hydrogen) atoms. The largest absolute Gasteiger partial charge is 0.325 e. The van der Waals surface area contributed by atoms with Gasteiger partial charge in [-0.05, 0) is 77.5 Å². The first-order valence-corrected chi connectivity index (χ1v) is 8.21. The van der Waals surface area contributed by atoms with Gasteiger partial charge in [-0.1, -0.05) is 26.0 Å². The molecule has 3 rings (SSSR count). The Morgan fingerprint density at radius 1 is 1.35 bits per heavy atom. The molecular weight excluding hydrogens is 361 g/mol. The van der Waals surface area contributed by atoms with Crippen LogP contribution in [0.5, 0.6) is 0 Å². The van der Waals surface area contributed by atoms with Crippen molar-refractivity contribution in [2.24, 2.45) is 16.7 Å². The fourth-order valence-corrected chi connectivity index (χ4v) is 4.29. The molecule has 2 bridgehead atoms. The van der Waals surface area contributed by atoms with E-state index < -0.39 is 0 Å². The fourth-order valence-electron chi connectivity index (χ4n) is 3.93. The first kappa shape index (κ1) is 14.1. The second-order valence-corrected chi connectivity index (χ2v) is 7.93. The highest BCUT2D eigenvalue weighted by Gasteiger charge is 2.60. The smallest absolute Gasteiger partial charge is 0.234 e. The highest BCUT2D eigenvalue weighted by atomic mass is 127. The van der Waals surface area contributed by atoms with Crippen molar-refractivity contribution in [1.82, 2.24) is 0 Å². The summed E-state index contributed by atoms with van der Waals surface area (Å²) in [6, 6.07) is 7.95. The van der Waals surface area contributed by atoms with E-state index in [1.54, 1.807) is 0 Å². The zero-order chi connectivity index (χ0) is 14.5. The molecule has 2 unspecified atom stereocenters. The van der Waals surface area contributed by atoms with Crippen LogP contribution >= 0.6 is 22.6 Å². The number of halogens is 1. The van der Waals surface area contributed by atoms with Crippen molar-refractivity contribution in [3.05, 3.63) is 40.0 Å². The molecule has 1 aromatic carbocycles. The maximum Gasteiger partial charge on any atom is 0.234 e. The number of hydrogen-bond donors (Lipinski definition) is 1. The lowest BCUT2D eigenvalue weighted by molar-refractivity contribution is -0.123. The number of nitrogens with one attached hydrogen (secondary N) is 1. The molecule has 0 aliphatic heterocycles. The van der Waals surface area contributed by atoms with Gasteiger partial charge < -0.3 is 5.32 Å². The number of carbonyl (C=O) groups is 1. The molecule has 0 aromatic heterocycles. The number of hydrogen-bond acceptors (Lipinski definition) is 1. The summed E-state index contributed by atoms with van der Waals surface area (Å²) in [4.78, 5) is 12.8. The Morgan fingerprint density at radius 3 is 2.55 bits per heavy atom. The molecule has 106 valence electrons. The Bertz CT molecular complexity index is 575. The summed E-state index contributed by atoms with van der Waals surface area (Å²) >= 11 is 2.27. The molecule has 3 heteroatoms. The molecule has 0 spiro atoms. The summed E-state index contributed by atoms with van der Waals surface area (Å²) in [5.41, 5.74) is 1.77. The third-order valence-electron chi connectivity index (χ3n) is 5.43. The summed E-state index contributed by atoms with van der Waals surface area (Å²) in [6.45, 7) is 8.75. The van der Waals surface area contributed by atoms with E-state index in [4.69, 9.17) is 0 Å². The Balaban J connectivity index is 1.84. The van der Waals surface area contributed by atoms with E-state index in [1.165, 1.54) is 3.57 Å². The molecule has 0 heterocycles. The van der Waals surface area contributed by atoms with Gasteiger partial charge in [0.25, 0.3) is 0 Å². The zero-order valence-corrected chi connectivity index (χ0v) is 14.2. The molecule has 1 N–H and O–H groups in total. The van der Waals surface area contributed by atoms with Crippen molar-refractivity contribution in [3.63, 3.8) is 0 Å². The standard InChI is InChI=1S/C17H20INO/c1-11-16(2,3)12-8-9-17(11,10-12)15(20)19-14-6-4-13(18)5-7-14/h4-7,12H,1,8-10H2,2-3H3,(H,19,20). The Labute approximate surface area is 134 Å². The van der Waals surface area contributed by atoms with Crippen molar-refractivity contribution in [2.45, 2.75) is 33.1 Å². The highest BCUT2D eigenvalue weighted by Crippen LogP contribution is 2.65. The van der Waals surface area contributed by atoms with E-state index in [1.807, 2.05) is 24.3 Å². The van der Waals surface area contributed by atoms with Gasteiger partial charge in [-0.2, -0.15) is 0 Å². The van der Waals surface area contributed by atoms with Gasteiger partial charge in [0.15, 0.2) is 0 Å². The van der Waals surface area contributed by atoms with Crippen LogP contribution in [0.15, 0.2) is 36.4 Å². The summed E-state index contributed by atoms with van der Waals surface area (Å²) < 4.78 is 1.17. The summed E-state index contributed by atoms with van der Waals surface area (Å²) in [5.74, 6) is 0.745. The number of benzene rings is 1. The molecule has 2 saturated carbocycles. The second-order valence-electron chi connectivity index (χ2n) is 6.68. The van der Waals surface area contributed by atoms with Crippen LogP contribution in [0.2, 0.25) is 0 Å². The average Bonchev–Trinajstić information content (AvgIpc) is 2.93. The number of anilines is 1. The van der Waals surface area contributed by atoms with Gasteiger partial charge in [0.1, 0.15) is 0 Å². The van der Waals surface area contributed by atoms with Crippen LogP contribution < -0.4 is 5.32 Å². The van der Waals surface area contributed by atoms with E-state index in [9.17, 15) is 4.79 Å². The molecule has 2 aliphatic rings. The first-order chi connectivity index (χ1) is 9.36. The van der Waals surface area contributed by atoms with Gasteiger partial charge in [-0.3, -0.25) is 4.79 Å². The maximum atomic E-state index is 12.8. The number of fused-ring (bicyclic) bond motifs is 2. The van der Waals surface area contributed by atoms with Crippen molar-refractivity contribution in [1.29, 1.82) is 0 Å². The zero-order valence-electron chi connectivity index (χ0n) is 12.0. The molecule has 2 aliphatic carbocycles. The van der Waals surface area contributed by atoms with Gasteiger partial charge in [0.2, 0.25) is 5.91 Å². The Kier molecular flexibility index (Phi) is 3.23. The molecule has 0 saturated heterocycles. The highest BCUT2D eigenvalue weighted by molar-refractivity contribution is 14.1. The van der Waals surface area contributed by atoms with Crippen molar-refractivity contribution < 1.29 is 4.79 Å². The van der Waals surface area contributed by atoms with Gasteiger partial charge >= 0.3 is 0 Å². The quantitative estimate of drug-likeness (QED) is 0.588. The lowest BCUT2D eigenvalue weighted by Gasteiger charge is -2.37. The Hall–Kier alpha value is -0.840. The minimum atomic E-state index is -0.336. The number of rotatable bonds is 2. The molecule has 1 amide bonds. The van der Waals surface area contributed by atoms with E-state index in [2.05, 4.69) is 48.3 Å². The summed E-state index contributed by atoms with van der Waals surface area (Å²) in [5, 5.41) is 3.09. The Morgan fingerprint density at radius 2 is 2.00 bits per heavy atom. The number of amides is 1. The van der Waals surface area contributed by atoms with Crippen LogP contribution in [0.1, 0.15) is 33.1 Å². The van der Waals surface area contributed by atoms with Gasteiger partial charge in [-0.15, -0.1) is 0 Å². The van der Waals surface area contributed by atoms with E-state index in [-0.39, 0.29) is 16.7 Å². The van der Waals surface area contributed by atoms with Crippen molar-refractivity contribution in [2.75, 3.05) is 5.32 Å². The third kappa shape index (κ3) is 1.93. The SMILES string of the molecule is C=C1C2(C(=O)Nc3ccc(I)cc3)CCC(C2)C1(C)C. The van der Waals surface area contributed by atoms with Crippen LogP contribution in [0.3, 0.4) is 0 Å². The minimum Gasteiger partial charge on any atom is -0.325 e. The van der Waals surface area contributed by atoms with Gasteiger partial charge in [0.05, 0.1) is 5.41 Å². The first-order valence-electron chi connectivity index (χ1n) is 7.13. The van der Waals surface area contributed by atoms with Gasteiger partial charge in [0, 0.05) is 9.26 Å². The van der Waals surface area contributed by atoms with Crippen LogP contribution in [-0.4, -0.2) is 5.91 Å². The van der Waals surface area contributed by atoms with E-state index >= 15 is 0 Å². The van der Waals surface area contributed by atoms with Crippen LogP contribution in [0, 0.1) is 20.3 Å². The van der Waals surface area contributed by atoms with Gasteiger partial charge in [-0.25, -0.2) is 0 Å². The van der Waals surface area contributed by atoms with Crippen LogP contribution in [0.25, 0.3) is 0 Å². The predicted octanol–water partition coefficient (Wildman–Crippen LogP) is 4.61. The molecule has 1 aromatic rings. The monoisotopic (exact) mass is 381 g/mol. The molecule has 2 nitrogen and oxygen atoms in total. The van der Waals surface area contributed by atoms with Crippen molar-refractivity contribution >= 4 is 34.2 Å². The summed E-state index contributed by atoms with van der Waals surface area (Å²) in [7, 11) is 0. The fraction of sp³-hybridized carbons (Fsp3) is 0.471. The predicted molar refractivity (Wildman–Crippen MR) is 90.5 cm³/mol. The van der Waals surface area contributed by atoms with E-state index in [0.717, 1.165) is 30.5 Å². The molecule has 2 fully saturated rings. The average molecular weight is 381 g/mol. The normalized spacial score (nSPS) is 30.6. The molecule has 0 radical (unpaired) electrons. The second kappa shape index (κ2) is 4.58. The summed E-state index contributed by atoms with van der Waals surface area (Å²) in [6.07, 6.45) is 3.07.